The van der Waals surface area contributed by atoms with Crippen molar-refractivity contribution in [2.45, 2.75) is 0 Å². The summed E-state index contributed by atoms with van der Waals surface area (Å²) in [7, 11) is 0. The number of hydrogen-bond acceptors (Lipinski definition) is 5. The van der Waals surface area contributed by atoms with Gasteiger partial charge in [0.05, 0.1) is 24.6 Å². The van der Waals surface area contributed by atoms with Crippen molar-refractivity contribution in [3.8, 4) is 5.69 Å². The number of nitrogens with zero attached hydrogens (tertiary/aromatic N) is 4. The molecule has 2 heterocycles. The van der Waals surface area contributed by atoms with Crippen LogP contribution in [0.25, 0.3) is 5.69 Å². The first-order chi connectivity index (χ1) is 11.7. The number of ether oxygens (including phenoxy) is 1. The fourth-order valence-corrected chi connectivity index (χ4v) is 2.42. The predicted molar refractivity (Wildman–Crippen MR) is 85.6 cm³/mol. The minimum atomic E-state index is -0.504. The fourth-order valence-electron chi connectivity index (χ4n) is 2.42. The Bertz CT molecular complexity index is 673. The Balaban J connectivity index is 1.53. The lowest BCUT2D eigenvalue weighted by molar-refractivity contribution is 0.0388. The zero-order valence-corrected chi connectivity index (χ0v) is 13.1. The Labute approximate surface area is 138 Å². The third-order valence-corrected chi connectivity index (χ3v) is 3.73. The maximum absolute atomic E-state index is 13.9. The quantitative estimate of drug-likeness (QED) is 0.847. The minimum Gasteiger partial charge on any atom is -0.379 e. The van der Waals surface area contributed by atoms with Gasteiger partial charge < -0.3 is 15.4 Å². The predicted octanol–water partition coefficient (Wildman–Crippen LogP) is 0.860. The highest BCUT2D eigenvalue weighted by molar-refractivity contribution is 5.89. The highest BCUT2D eigenvalue weighted by Crippen LogP contribution is 2.18. The SMILES string of the molecule is O=C(NCCN1CCOCC1)Nc1cc(-n2cnnc2)ccc1F. The average Bonchev–Trinajstić information content (AvgIpc) is 3.12. The normalized spacial score (nSPS) is 15.2. The second-order valence-corrected chi connectivity index (χ2v) is 5.37. The molecule has 0 saturated carbocycles. The van der Waals surface area contributed by atoms with Gasteiger partial charge in [-0.25, -0.2) is 9.18 Å². The van der Waals surface area contributed by atoms with Gasteiger partial charge in [0.25, 0.3) is 0 Å². The minimum absolute atomic E-state index is 0.102. The number of hydrogen-bond donors (Lipinski definition) is 2. The van der Waals surface area contributed by atoms with Gasteiger partial charge in [0.2, 0.25) is 0 Å². The van der Waals surface area contributed by atoms with E-state index in [1.807, 2.05) is 0 Å². The number of halogens is 1. The van der Waals surface area contributed by atoms with E-state index < -0.39 is 11.8 Å². The molecule has 1 aliphatic heterocycles. The van der Waals surface area contributed by atoms with E-state index in [-0.39, 0.29) is 5.69 Å². The Morgan fingerprint density at radius 2 is 2.00 bits per heavy atom. The number of benzene rings is 1. The molecule has 9 heteroatoms. The van der Waals surface area contributed by atoms with Crippen LogP contribution in [0.4, 0.5) is 14.9 Å². The number of morpholine rings is 1. The summed E-state index contributed by atoms with van der Waals surface area (Å²) in [5.74, 6) is -0.504. The highest BCUT2D eigenvalue weighted by atomic mass is 19.1. The van der Waals surface area contributed by atoms with Crippen LogP contribution in [-0.4, -0.2) is 65.1 Å². The van der Waals surface area contributed by atoms with Crippen LogP contribution in [0.1, 0.15) is 0 Å². The van der Waals surface area contributed by atoms with Crippen LogP contribution in [0.5, 0.6) is 0 Å². The third kappa shape index (κ3) is 4.27. The van der Waals surface area contributed by atoms with Crippen molar-refractivity contribution < 1.29 is 13.9 Å². The summed E-state index contributed by atoms with van der Waals surface area (Å²) in [5, 5.41) is 12.7. The summed E-state index contributed by atoms with van der Waals surface area (Å²) in [5.41, 5.74) is 0.759. The first-order valence-corrected chi connectivity index (χ1v) is 7.72. The number of nitrogens with one attached hydrogen (secondary N) is 2. The summed E-state index contributed by atoms with van der Waals surface area (Å²) < 4.78 is 20.8. The molecule has 0 unspecified atom stereocenters. The summed E-state index contributed by atoms with van der Waals surface area (Å²) in [6.07, 6.45) is 3.00. The number of urea groups is 1. The second kappa shape index (κ2) is 7.84. The smallest absolute Gasteiger partial charge is 0.319 e. The van der Waals surface area contributed by atoms with Gasteiger partial charge in [0, 0.05) is 26.2 Å². The summed E-state index contributed by atoms with van der Waals surface area (Å²) in [4.78, 5) is 14.1. The standard InChI is InChI=1S/C15H19FN6O2/c16-13-2-1-12(22-10-18-19-11-22)9-14(13)20-15(23)17-3-4-21-5-7-24-8-6-21/h1-2,9-11H,3-8H2,(H2,17,20,23). The number of aromatic nitrogens is 3. The first-order valence-electron chi connectivity index (χ1n) is 7.72. The van der Waals surface area contributed by atoms with Crippen molar-refractivity contribution in [1.29, 1.82) is 0 Å². The van der Waals surface area contributed by atoms with E-state index in [0.29, 0.717) is 25.4 Å². The molecule has 0 bridgehead atoms. The van der Waals surface area contributed by atoms with Crippen LogP contribution >= 0.6 is 0 Å². The number of rotatable bonds is 5. The van der Waals surface area contributed by atoms with Gasteiger partial charge in [-0.15, -0.1) is 10.2 Å². The van der Waals surface area contributed by atoms with Crippen molar-refractivity contribution in [3.63, 3.8) is 0 Å². The monoisotopic (exact) mass is 334 g/mol. The van der Waals surface area contributed by atoms with Crippen molar-refractivity contribution in [2.24, 2.45) is 0 Å². The van der Waals surface area contributed by atoms with E-state index in [1.54, 1.807) is 10.6 Å². The maximum atomic E-state index is 13.9. The number of amides is 2. The van der Waals surface area contributed by atoms with Crippen molar-refractivity contribution >= 4 is 11.7 Å². The van der Waals surface area contributed by atoms with Gasteiger partial charge in [-0.05, 0) is 18.2 Å². The van der Waals surface area contributed by atoms with Crippen LogP contribution in [0.3, 0.4) is 0 Å². The first kappa shape index (κ1) is 16.3. The van der Waals surface area contributed by atoms with Crippen LogP contribution in [0.2, 0.25) is 0 Å². The lowest BCUT2D eigenvalue weighted by Crippen LogP contribution is -2.42. The van der Waals surface area contributed by atoms with Gasteiger partial charge in [-0.1, -0.05) is 0 Å². The summed E-state index contributed by atoms with van der Waals surface area (Å²) >= 11 is 0. The molecule has 0 aliphatic carbocycles. The third-order valence-electron chi connectivity index (χ3n) is 3.73. The fraction of sp³-hybridized carbons (Fsp3) is 0.400. The molecule has 24 heavy (non-hydrogen) atoms. The zero-order valence-electron chi connectivity index (χ0n) is 13.1. The number of carbonyl (C=O) groups is 1. The molecule has 128 valence electrons. The molecule has 8 nitrogen and oxygen atoms in total. The van der Waals surface area contributed by atoms with E-state index in [4.69, 9.17) is 4.74 Å². The molecule has 2 N–H and O–H groups in total. The van der Waals surface area contributed by atoms with Crippen molar-refractivity contribution in [3.05, 3.63) is 36.7 Å². The van der Waals surface area contributed by atoms with Crippen molar-refractivity contribution in [1.82, 2.24) is 25.0 Å². The van der Waals surface area contributed by atoms with Crippen LogP contribution in [0.15, 0.2) is 30.9 Å². The topological polar surface area (TPSA) is 84.3 Å². The maximum Gasteiger partial charge on any atom is 0.319 e. The van der Waals surface area contributed by atoms with E-state index in [9.17, 15) is 9.18 Å². The molecule has 2 amide bonds. The Morgan fingerprint density at radius 3 is 2.75 bits per heavy atom. The molecular weight excluding hydrogens is 315 g/mol. The average molecular weight is 334 g/mol. The molecule has 1 aliphatic rings. The van der Waals surface area contributed by atoms with E-state index in [1.165, 1.54) is 24.8 Å². The van der Waals surface area contributed by atoms with Gasteiger partial charge in [0.1, 0.15) is 18.5 Å². The molecule has 0 atom stereocenters. The summed E-state index contributed by atoms with van der Waals surface area (Å²) in [6.45, 7) is 4.37. The Morgan fingerprint density at radius 1 is 1.25 bits per heavy atom. The van der Waals surface area contributed by atoms with Gasteiger partial charge in [0.15, 0.2) is 0 Å². The molecular formula is C15H19FN6O2. The molecule has 0 radical (unpaired) electrons. The van der Waals surface area contributed by atoms with E-state index in [0.717, 1.165) is 19.6 Å². The lowest BCUT2D eigenvalue weighted by atomic mass is 10.2. The van der Waals surface area contributed by atoms with Crippen molar-refractivity contribution in [2.75, 3.05) is 44.7 Å². The zero-order chi connectivity index (χ0) is 16.8. The Kier molecular flexibility index (Phi) is 5.34. The van der Waals surface area contributed by atoms with Gasteiger partial charge in [-0.3, -0.25) is 9.47 Å². The summed E-state index contributed by atoms with van der Waals surface area (Å²) in [6, 6.07) is 3.96. The molecule has 1 aromatic heterocycles. The highest BCUT2D eigenvalue weighted by Gasteiger charge is 2.11. The molecule has 1 aromatic carbocycles. The second-order valence-electron chi connectivity index (χ2n) is 5.37. The molecule has 2 aromatic rings. The lowest BCUT2D eigenvalue weighted by Gasteiger charge is -2.26. The molecule has 3 rings (SSSR count). The largest absolute Gasteiger partial charge is 0.379 e. The van der Waals surface area contributed by atoms with Gasteiger partial charge >= 0.3 is 6.03 Å². The Hall–Kier alpha value is -2.52. The molecule has 0 spiro atoms. The van der Waals surface area contributed by atoms with Crippen LogP contribution < -0.4 is 10.6 Å². The van der Waals surface area contributed by atoms with Crippen LogP contribution in [-0.2, 0) is 4.74 Å². The number of anilines is 1. The molecule has 1 saturated heterocycles. The van der Waals surface area contributed by atoms with E-state index in [2.05, 4.69) is 25.7 Å². The number of carbonyl (C=O) groups excluding carboxylic acids is 1. The van der Waals surface area contributed by atoms with Gasteiger partial charge in [-0.2, -0.15) is 0 Å². The molecule has 1 fully saturated rings. The van der Waals surface area contributed by atoms with Crippen LogP contribution in [0, 0.1) is 5.82 Å². The van der Waals surface area contributed by atoms with E-state index >= 15 is 0 Å².